The summed E-state index contributed by atoms with van der Waals surface area (Å²) in [5, 5.41) is 16.7. The van der Waals surface area contributed by atoms with E-state index in [1.807, 2.05) is 6.21 Å². The molecule has 0 spiro atoms. The fourth-order valence-electron chi connectivity index (χ4n) is 8.57. The van der Waals surface area contributed by atoms with E-state index in [1.165, 1.54) is 25.7 Å². The molecule has 0 radical (unpaired) electrons. The maximum absolute atomic E-state index is 12.3. The molecule has 196 valence electrons. The van der Waals surface area contributed by atoms with Crippen LogP contribution in [0.15, 0.2) is 5.16 Å². The zero-order chi connectivity index (χ0) is 24.4. The Labute approximate surface area is 208 Å². The van der Waals surface area contributed by atoms with E-state index in [2.05, 4.69) is 38.0 Å². The third-order valence-corrected chi connectivity index (χ3v) is 10.7. The molecule has 0 aromatic heterocycles. The molecule has 0 aromatic rings. The van der Waals surface area contributed by atoms with Crippen LogP contribution in [0.25, 0.3) is 0 Å². The fourth-order valence-corrected chi connectivity index (χ4v) is 8.57. The highest BCUT2D eigenvalue weighted by Gasteiger charge is 2.67. The summed E-state index contributed by atoms with van der Waals surface area (Å²) in [5.41, 5.74) is 5.34. The molecule has 0 bridgehead atoms. The minimum Gasteiger partial charge on any atom is -0.396 e. The van der Waals surface area contributed by atoms with Gasteiger partial charge < -0.3 is 25.3 Å². The van der Waals surface area contributed by atoms with Crippen LogP contribution in [-0.4, -0.2) is 68.3 Å². The molecule has 0 aromatic carbocycles. The van der Waals surface area contributed by atoms with Crippen molar-refractivity contribution in [2.45, 2.75) is 96.2 Å². The molecule has 4 aliphatic carbocycles. The van der Waals surface area contributed by atoms with Gasteiger partial charge in [0.25, 0.3) is 0 Å². The highest BCUT2D eigenvalue weighted by atomic mass is 16.6. The molecule has 0 amide bonds. The third kappa shape index (κ3) is 4.81. The third-order valence-electron chi connectivity index (χ3n) is 10.7. The molecule has 3 unspecified atom stereocenters. The molecule has 34 heavy (non-hydrogen) atoms. The van der Waals surface area contributed by atoms with Crippen LogP contribution in [0.2, 0.25) is 0 Å². The quantitative estimate of drug-likeness (QED) is 0.276. The van der Waals surface area contributed by atoms with Crippen LogP contribution in [0.3, 0.4) is 0 Å². The van der Waals surface area contributed by atoms with E-state index in [4.69, 9.17) is 15.3 Å². The minimum atomic E-state index is -0.569. The normalized spacial score (nSPS) is 44.1. The molecule has 0 saturated heterocycles. The smallest absolute Gasteiger partial charge is 0.118 e. The van der Waals surface area contributed by atoms with Gasteiger partial charge >= 0.3 is 0 Å². The van der Waals surface area contributed by atoms with Crippen molar-refractivity contribution in [3.05, 3.63) is 0 Å². The average molecular weight is 478 g/mol. The first-order chi connectivity index (χ1) is 16.2. The second-order valence-electron chi connectivity index (χ2n) is 12.7. The number of nitrogens with two attached hydrogens (primary N) is 1. The Bertz CT molecular complexity index is 702. The van der Waals surface area contributed by atoms with Crippen molar-refractivity contribution >= 4 is 6.21 Å². The van der Waals surface area contributed by atoms with Gasteiger partial charge in [-0.2, -0.15) is 0 Å². The van der Waals surface area contributed by atoms with Crippen LogP contribution >= 0.6 is 0 Å². The van der Waals surface area contributed by atoms with Gasteiger partial charge in [-0.3, -0.25) is 0 Å². The van der Waals surface area contributed by atoms with E-state index in [0.29, 0.717) is 42.4 Å². The Morgan fingerprint density at radius 3 is 2.59 bits per heavy atom. The van der Waals surface area contributed by atoms with Crippen LogP contribution < -0.4 is 5.73 Å². The lowest BCUT2D eigenvalue weighted by Gasteiger charge is -2.63. The first kappa shape index (κ1) is 26.4. The Kier molecular flexibility index (Phi) is 8.33. The monoisotopic (exact) mass is 477 g/mol. The summed E-state index contributed by atoms with van der Waals surface area (Å²) in [6, 6.07) is 0. The van der Waals surface area contributed by atoms with Gasteiger partial charge in [-0.1, -0.05) is 19.0 Å². The molecule has 0 heterocycles. The van der Waals surface area contributed by atoms with Gasteiger partial charge in [-0.25, -0.2) is 0 Å². The molecule has 8 atom stereocenters. The van der Waals surface area contributed by atoms with Gasteiger partial charge in [0, 0.05) is 30.7 Å². The van der Waals surface area contributed by atoms with Crippen LogP contribution in [0.5, 0.6) is 0 Å². The second kappa shape index (κ2) is 10.7. The number of hydrogen-bond acceptors (Lipinski definition) is 6. The summed E-state index contributed by atoms with van der Waals surface area (Å²) in [4.78, 5) is 7.75. The van der Waals surface area contributed by atoms with Gasteiger partial charge in [0.2, 0.25) is 0 Å². The van der Waals surface area contributed by atoms with Crippen molar-refractivity contribution < 1.29 is 14.7 Å². The lowest BCUT2D eigenvalue weighted by atomic mass is 9.43. The number of oxime groups is 1. The molecule has 3 N–H and O–H groups in total. The van der Waals surface area contributed by atoms with Gasteiger partial charge in [0.1, 0.15) is 6.61 Å². The Balaban J connectivity index is 1.39. The first-order valence-corrected chi connectivity index (χ1v) is 14.1. The Hall–Kier alpha value is -0.690. The van der Waals surface area contributed by atoms with Crippen molar-refractivity contribution in [3.8, 4) is 0 Å². The second-order valence-corrected chi connectivity index (χ2v) is 12.7. The van der Waals surface area contributed by atoms with E-state index in [9.17, 15) is 5.11 Å². The summed E-state index contributed by atoms with van der Waals surface area (Å²) in [5.74, 6) is 2.09. The minimum absolute atomic E-state index is 0.0869. The SMILES string of the molecule is CN(C)CCCO/N=C/C1CC[C@@]2(O)[C@@H]3CCC4CC(OCCCN)CC[C@]4(C)[C@@H]3CC[C@]12C. The maximum Gasteiger partial charge on any atom is 0.118 e. The zero-order valence-corrected chi connectivity index (χ0v) is 22.3. The van der Waals surface area contributed by atoms with Crippen LogP contribution in [0, 0.1) is 34.5 Å². The summed E-state index contributed by atoms with van der Waals surface area (Å²) < 4.78 is 6.19. The largest absolute Gasteiger partial charge is 0.396 e. The Morgan fingerprint density at radius 2 is 1.82 bits per heavy atom. The van der Waals surface area contributed by atoms with Crippen LogP contribution in [0.4, 0.5) is 0 Å². The van der Waals surface area contributed by atoms with Crippen molar-refractivity contribution in [2.24, 2.45) is 45.4 Å². The average Bonchev–Trinajstić information content (AvgIpc) is 3.07. The van der Waals surface area contributed by atoms with E-state index in [0.717, 1.165) is 64.0 Å². The predicted octanol–water partition coefficient (Wildman–Crippen LogP) is 4.45. The summed E-state index contributed by atoms with van der Waals surface area (Å²) >= 11 is 0. The van der Waals surface area contributed by atoms with Gasteiger partial charge in [-0.05, 0) is 114 Å². The zero-order valence-electron chi connectivity index (χ0n) is 22.3. The fraction of sp³-hybridized carbons (Fsp3) is 0.964. The van der Waals surface area contributed by atoms with Gasteiger partial charge in [-0.15, -0.1) is 0 Å². The first-order valence-electron chi connectivity index (χ1n) is 14.1. The number of rotatable bonds is 10. The van der Waals surface area contributed by atoms with Crippen molar-refractivity contribution in [2.75, 3.05) is 40.4 Å². The number of nitrogens with zero attached hydrogens (tertiary/aromatic N) is 2. The number of ether oxygens (including phenoxy) is 1. The van der Waals surface area contributed by atoms with Crippen LogP contribution in [0.1, 0.15) is 84.5 Å². The van der Waals surface area contributed by atoms with Crippen molar-refractivity contribution in [3.63, 3.8) is 0 Å². The number of hydrogen-bond donors (Lipinski definition) is 2. The van der Waals surface area contributed by atoms with Gasteiger partial charge in [0.05, 0.1) is 11.7 Å². The lowest BCUT2D eigenvalue weighted by Crippen LogP contribution is -2.62. The molecule has 6 heteroatoms. The van der Waals surface area contributed by atoms with Crippen LogP contribution in [-0.2, 0) is 9.57 Å². The number of aliphatic hydroxyl groups is 1. The molecule has 4 saturated carbocycles. The van der Waals surface area contributed by atoms with Crippen molar-refractivity contribution in [1.29, 1.82) is 0 Å². The predicted molar refractivity (Wildman–Crippen MR) is 138 cm³/mol. The van der Waals surface area contributed by atoms with E-state index < -0.39 is 5.60 Å². The molecular weight excluding hydrogens is 426 g/mol. The maximum atomic E-state index is 12.3. The lowest BCUT2D eigenvalue weighted by molar-refractivity contribution is -0.207. The molecule has 0 aliphatic heterocycles. The van der Waals surface area contributed by atoms with E-state index >= 15 is 0 Å². The molecular formula is C28H51N3O3. The Morgan fingerprint density at radius 1 is 1.00 bits per heavy atom. The van der Waals surface area contributed by atoms with E-state index in [-0.39, 0.29) is 5.41 Å². The van der Waals surface area contributed by atoms with E-state index in [1.54, 1.807) is 0 Å². The summed E-state index contributed by atoms with van der Waals surface area (Å²) in [6.45, 7) is 8.07. The van der Waals surface area contributed by atoms with Gasteiger partial charge in [0.15, 0.2) is 0 Å². The molecule has 4 rings (SSSR count). The summed E-state index contributed by atoms with van der Waals surface area (Å²) in [7, 11) is 4.16. The topological polar surface area (TPSA) is 80.3 Å². The molecule has 4 aliphatic rings. The van der Waals surface area contributed by atoms with Crippen molar-refractivity contribution in [1.82, 2.24) is 4.90 Å². The summed E-state index contributed by atoms with van der Waals surface area (Å²) in [6.07, 6.45) is 14.7. The highest BCUT2D eigenvalue weighted by molar-refractivity contribution is 5.63. The molecule has 4 fully saturated rings. The molecule has 6 nitrogen and oxygen atoms in total. The standard InChI is InChI=1S/C28H51N3O3/c1-26-12-10-23(33-17-5-15-29)19-21(26)7-8-25-24(26)11-13-27(2)22(9-14-28(25,27)32)20-30-34-18-6-16-31(3)4/h20-25,32H,5-19,29H2,1-4H3/b30-20+/t21?,22?,23?,24-,25-,26+,27-,28-/m1/s1. The number of fused-ring (bicyclic) bond motifs is 5. The highest BCUT2D eigenvalue weighted by Crippen LogP contribution is 2.68.